The maximum absolute atomic E-state index is 5.81. The van der Waals surface area contributed by atoms with Crippen molar-refractivity contribution < 1.29 is 4.74 Å². The Morgan fingerprint density at radius 3 is 1.86 bits per heavy atom. The Labute approximate surface area is 132 Å². The van der Waals surface area contributed by atoms with E-state index in [1.54, 1.807) is 0 Å². The molecule has 0 aromatic heterocycles. The molecule has 1 nitrogen and oxygen atoms in total. The van der Waals surface area contributed by atoms with Crippen LogP contribution in [0.15, 0.2) is 24.3 Å². The van der Waals surface area contributed by atoms with Crippen LogP contribution in [0.25, 0.3) is 0 Å². The highest BCUT2D eigenvalue weighted by molar-refractivity contribution is 5.27. The molecule has 0 amide bonds. The first-order valence-electron chi connectivity index (χ1n) is 9.08. The van der Waals surface area contributed by atoms with Crippen molar-refractivity contribution in [3.05, 3.63) is 29.8 Å². The fraction of sp³-hybridized carbons (Fsp3) is 0.700. The third kappa shape index (κ3) is 9.55. The van der Waals surface area contributed by atoms with Gasteiger partial charge in [-0.25, -0.2) is 0 Å². The summed E-state index contributed by atoms with van der Waals surface area (Å²) in [6, 6.07) is 8.66. The van der Waals surface area contributed by atoms with Crippen molar-refractivity contribution in [2.75, 3.05) is 6.61 Å². The third-order valence-corrected chi connectivity index (χ3v) is 4.01. The second-order valence-electron chi connectivity index (χ2n) is 6.07. The summed E-state index contributed by atoms with van der Waals surface area (Å²) in [5, 5.41) is 0. The topological polar surface area (TPSA) is 9.23 Å². The smallest absolute Gasteiger partial charge is 0.119 e. The van der Waals surface area contributed by atoms with Crippen LogP contribution in [0.3, 0.4) is 0 Å². The normalized spacial score (nSPS) is 10.8. The summed E-state index contributed by atoms with van der Waals surface area (Å²) in [6.07, 6.45) is 14.5. The number of benzene rings is 1. The molecule has 1 heteroatoms. The van der Waals surface area contributed by atoms with Gasteiger partial charge in [0.25, 0.3) is 0 Å². The molecule has 0 bridgehead atoms. The molecule has 1 rings (SSSR count). The molecule has 0 aliphatic heterocycles. The minimum Gasteiger partial charge on any atom is -0.494 e. The fourth-order valence-corrected chi connectivity index (χ4v) is 2.56. The lowest BCUT2D eigenvalue weighted by atomic mass is 10.1. The van der Waals surface area contributed by atoms with Gasteiger partial charge < -0.3 is 4.74 Å². The molecular formula is C20H34O. The predicted octanol–water partition coefficient (Wildman–Crippen LogP) is 6.55. The van der Waals surface area contributed by atoms with Crippen LogP contribution in [0.5, 0.6) is 5.75 Å². The maximum Gasteiger partial charge on any atom is 0.119 e. The monoisotopic (exact) mass is 290 g/mol. The van der Waals surface area contributed by atoms with Crippen LogP contribution in [-0.2, 0) is 6.42 Å². The molecule has 0 N–H and O–H groups in total. The molecule has 0 saturated carbocycles. The zero-order valence-corrected chi connectivity index (χ0v) is 14.2. The van der Waals surface area contributed by atoms with Crippen LogP contribution in [0.1, 0.15) is 83.6 Å². The van der Waals surface area contributed by atoms with E-state index in [2.05, 4.69) is 38.1 Å². The van der Waals surface area contributed by atoms with Gasteiger partial charge in [0.2, 0.25) is 0 Å². The second-order valence-corrected chi connectivity index (χ2v) is 6.07. The van der Waals surface area contributed by atoms with Gasteiger partial charge in [-0.2, -0.15) is 0 Å². The van der Waals surface area contributed by atoms with Crippen LogP contribution in [0, 0.1) is 0 Å². The number of hydrogen-bond acceptors (Lipinski definition) is 1. The van der Waals surface area contributed by atoms with Crippen LogP contribution in [0.4, 0.5) is 0 Å². The van der Waals surface area contributed by atoms with E-state index in [1.807, 2.05) is 0 Å². The highest BCUT2D eigenvalue weighted by atomic mass is 16.5. The fourth-order valence-electron chi connectivity index (χ4n) is 2.56. The van der Waals surface area contributed by atoms with E-state index in [-0.39, 0.29) is 0 Å². The Bertz CT molecular complexity index is 328. The highest BCUT2D eigenvalue weighted by Crippen LogP contribution is 2.15. The molecule has 21 heavy (non-hydrogen) atoms. The molecule has 0 radical (unpaired) electrons. The number of hydrogen-bond donors (Lipinski definition) is 0. The van der Waals surface area contributed by atoms with Crippen molar-refractivity contribution in [2.45, 2.75) is 84.5 Å². The average Bonchev–Trinajstić information content (AvgIpc) is 2.52. The molecule has 0 aliphatic carbocycles. The summed E-state index contributed by atoms with van der Waals surface area (Å²) < 4.78 is 5.81. The number of ether oxygens (including phenoxy) is 1. The molecule has 1 aromatic rings. The van der Waals surface area contributed by atoms with E-state index in [1.165, 1.54) is 76.2 Å². The summed E-state index contributed by atoms with van der Waals surface area (Å²) in [5.74, 6) is 1.03. The summed E-state index contributed by atoms with van der Waals surface area (Å²) in [5.41, 5.74) is 1.43. The Balaban J connectivity index is 1.99. The summed E-state index contributed by atoms with van der Waals surface area (Å²) in [6.45, 7) is 5.37. The SMILES string of the molecule is CCCCCCCCCCOc1ccc(CCCC)cc1. The van der Waals surface area contributed by atoms with Crippen LogP contribution in [-0.4, -0.2) is 6.61 Å². The Hall–Kier alpha value is -0.980. The van der Waals surface area contributed by atoms with Gasteiger partial charge in [0, 0.05) is 0 Å². The quantitative estimate of drug-likeness (QED) is 0.374. The molecule has 0 fully saturated rings. The van der Waals surface area contributed by atoms with Crippen LogP contribution >= 0.6 is 0 Å². The molecule has 0 unspecified atom stereocenters. The summed E-state index contributed by atoms with van der Waals surface area (Å²) in [7, 11) is 0. The molecule has 0 atom stereocenters. The molecule has 0 heterocycles. The molecular weight excluding hydrogens is 256 g/mol. The van der Waals surface area contributed by atoms with Crippen molar-refractivity contribution in [1.29, 1.82) is 0 Å². The van der Waals surface area contributed by atoms with Gasteiger partial charge >= 0.3 is 0 Å². The van der Waals surface area contributed by atoms with E-state index >= 15 is 0 Å². The van der Waals surface area contributed by atoms with Crippen molar-refractivity contribution >= 4 is 0 Å². The molecule has 120 valence electrons. The van der Waals surface area contributed by atoms with E-state index in [0.717, 1.165) is 12.4 Å². The van der Waals surface area contributed by atoms with Crippen molar-refractivity contribution in [2.24, 2.45) is 0 Å². The first kappa shape index (κ1) is 18.1. The number of rotatable bonds is 13. The Morgan fingerprint density at radius 1 is 0.667 bits per heavy atom. The third-order valence-electron chi connectivity index (χ3n) is 4.01. The zero-order valence-electron chi connectivity index (χ0n) is 14.2. The van der Waals surface area contributed by atoms with E-state index in [0.29, 0.717) is 0 Å². The van der Waals surface area contributed by atoms with Gasteiger partial charge in [0.15, 0.2) is 0 Å². The van der Waals surface area contributed by atoms with Gasteiger partial charge in [-0.3, -0.25) is 0 Å². The molecule has 0 saturated heterocycles. The highest BCUT2D eigenvalue weighted by Gasteiger charge is 1.96. The second kappa shape index (κ2) is 12.7. The van der Waals surface area contributed by atoms with Crippen LogP contribution in [0.2, 0.25) is 0 Å². The van der Waals surface area contributed by atoms with E-state index in [4.69, 9.17) is 4.74 Å². The number of aryl methyl sites for hydroxylation is 1. The Kier molecular flexibility index (Phi) is 11.0. The van der Waals surface area contributed by atoms with Crippen molar-refractivity contribution in [3.8, 4) is 5.75 Å². The molecule has 0 spiro atoms. The van der Waals surface area contributed by atoms with E-state index in [9.17, 15) is 0 Å². The van der Waals surface area contributed by atoms with Gasteiger partial charge in [-0.15, -0.1) is 0 Å². The minimum atomic E-state index is 0.864. The number of unbranched alkanes of at least 4 members (excludes halogenated alkanes) is 8. The Morgan fingerprint density at radius 2 is 1.24 bits per heavy atom. The van der Waals surface area contributed by atoms with Crippen molar-refractivity contribution in [1.82, 2.24) is 0 Å². The lowest BCUT2D eigenvalue weighted by molar-refractivity contribution is 0.304. The molecule has 0 aliphatic rings. The van der Waals surface area contributed by atoms with Gasteiger partial charge in [0.1, 0.15) is 5.75 Å². The average molecular weight is 290 g/mol. The first-order chi connectivity index (χ1) is 10.4. The summed E-state index contributed by atoms with van der Waals surface area (Å²) in [4.78, 5) is 0. The lowest BCUT2D eigenvalue weighted by Crippen LogP contribution is -1.97. The van der Waals surface area contributed by atoms with Crippen molar-refractivity contribution in [3.63, 3.8) is 0 Å². The largest absolute Gasteiger partial charge is 0.494 e. The maximum atomic E-state index is 5.81. The van der Waals surface area contributed by atoms with E-state index < -0.39 is 0 Å². The van der Waals surface area contributed by atoms with Gasteiger partial charge in [0.05, 0.1) is 6.61 Å². The zero-order chi connectivity index (χ0) is 15.2. The standard InChI is InChI=1S/C20H34O/c1-3-5-7-8-9-10-11-12-18-21-20-16-14-19(15-17-20)13-6-4-2/h14-17H,3-13,18H2,1-2H3. The van der Waals surface area contributed by atoms with Crippen LogP contribution < -0.4 is 4.74 Å². The lowest BCUT2D eigenvalue weighted by Gasteiger charge is -2.07. The minimum absolute atomic E-state index is 0.864. The van der Waals surface area contributed by atoms with Gasteiger partial charge in [-0.1, -0.05) is 77.3 Å². The summed E-state index contributed by atoms with van der Waals surface area (Å²) >= 11 is 0. The predicted molar refractivity (Wildman–Crippen MR) is 93.2 cm³/mol. The molecule has 1 aromatic carbocycles. The first-order valence-corrected chi connectivity index (χ1v) is 9.08. The van der Waals surface area contributed by atoms with Gasteiger partial charge in [-0.05, 0) is 37.0 Å².